The van der Waals surface area contributed by atoms with Crippen molar-refractivity contribution in [3.63, 3.8) is 0 Å². The maximum Gasteiger partial charge on any atom is 0.338 e. The quantitative estimate of drug-likeness (QED) is 0.762. The van der Waals surface area contributed by atoms with E-state index in [4.69, 9.17) is 14.2 Å². The number of carbonyl (C=O) groups is 2. The van der Waals surface area contributed by atoms with E-state index in [1.165, 1.54) is 14.2 Å². The zero-order valence-corrected chi connectivity index (χ0v) is 14.8. The first-order chi connectivity index (χ1) is 11.5. The molecule has 2 rings (SSSR count). The standard InChI is InChI=1S/C17H16BrNO5/c1-22-13-5-3-4-12(9-13)19-16(20)10-24-17(21)11-6-7-15(23-2)14(18)8-11/h3-9H,10H2,1-2H3,(H,19,20). The zero-order valence-electron chi connectivity index (χ0n) is 13.2. The van der Waals surface area contributed by atoms with E-state index in [1.54, 1.807) is 42.5 Å². The Morgan fingerprint density at radius 2 is 1.88 bits per heavy atom. The Morgan fingerprint density at radius 1 is 1.08 bits per heavy atom. The predicted octanol–water partition coefficient (Wildman–Crippen LogP) is 3.26. The number of hydrogen-bond donors (Lipinski definition) is 1. The van der Waals surface area contributed by atoms with E-state index < -0.39 is 11.9 Å². The van der Waals surface area contributed by atoms with E-state index in [9.17, 15) is 9.59 Å². The molecular formula is C17H16BrNO5. The summed E-state index contributed by atoms with van der Waals surface area (Å²) in [7, 11) is 3.07. The van der Waals surface area contributed by atoms with Crippen LogP contribution in [-0.2, 0) is 9.53 Å². The molecule has 0 aromatic heterocycles. The molecule has 0 spiro atoms. The van der Waals surface area contributed by atoms with Gasteiger partial charge in [-0.2, -0.15) is 0 Å². The molecule has 126 valence electrons. The van der Waals surface area contributed by atoms with Gasteiger partial charge in [0.2, 0.25) is 0 Å². The van der Waals surface area contributed by atoms with Crippen LogP contribution in [0.4, 0.5) is 5.69 Å². The molecule has 0 saturated carbocycles. The molecule has 0 aliphatic heterocycles. The van der Waals surface area contributed by atoms with Crippen molar-refractivity contribution in [3.05, 3.63) is 52.5 Å². The molecule has 0 unspecified atom stereocenters. The number of nitrogens with one attached hydrogen (secondary N) is 1. The SMILES string of the molecule is COc1cccc(NC(=O)COC(=O)c2ccc(OC)c(Br)c2)c1. The summed E-state index contributed by atoms with van der Waals surface area (Å²) < 4.78 is 15.8. The summed E-state index contributed by atoms with van der Waals surface area (Å²) in [5, 5.41) is 2.63. The van der Waals surface area contributed by atoms with Crippen LogP contribution in [0.3, 0.4) is 0 Å². The number of methoxy groups -OCH3 is 2. The summed E-state index contributed by atoms with van der Waals surface area (Å²) in [6, 6.07) is 11.7. The summed E-state index contributed by atoms with van der Waals surface area (Å²) in [6.45, 7) is -0.389. The number of benzene rings is 2. The van der Waals surface area contributed by atoms with Crippen LogP contribution < -0.4 is 14.8 Å². The molecule has 0 saturated heterocycles. The van der Waals surface area contributed by atoms with Gasteiger partial charge in [0, 0.05) is 11.8 Å². The van der Waals surface area contributed by atoms with Gasteiger partial charge in [-0.25, -0.2) is 4.79 Å². The molecule has 7 heteroatoms. The number of halogens is 1. The molecule has 1 N–H and O–H groups in total. The maximum atomic E-state index is 12.0. The minimum Gasteiger partial charge on any atom is -0.497 e. The first-order valence-electron chi connectivity index (χ1n) is 6.98. The molecule has 1 amide bonds. The third-order valence-corrected chi connectivity index (χ3v) is 3.70. The fraction of sp³-hybridized carbons (Fsp3) is 0.176. The van der Waals surface area contributed by atoms with Crippen LogP contribution in [0.2, 0.25) is 0 Å². The van der Waals surface area contributed by atoms with Gasteiger partial charge >= 0.3 is 5.97 Å². The van der Waals surface area contributed by atoms with E-state index >= 15 is 0 Å². The van der Waals surface area contributed by atoms with Crippen LogP contribution >= 0.6 is 15.9 Å². The third kappa shape index (κ3) is 4.73. The Kier molecular flexibility index (Phi) is 6.20. The summed E-state index contributed by atoms with van der Waals surface area (Å²) >= 11 is 3.29. The summed E-state index contributed by atoms with van der Waals surface area (Å²) in [5.74, 6) is 0.179. The first kappa shape index (κ1) is 17.8. The lowest BCUT2D eigenvalue weighted by molar-refractivity contribution is -0.119. The predicted molar refractivity (Wildman–Crippen MR) is 92.6 cm³/mol. The van der Waals surface area contributed by atoms with Gasteiger partial charge in [0.25, 0.3) is 5.91 Å². The van der Waals surface area contributed by atoms with E-state index in [0.717, 1.165) is 0 Å². The van der Waals surface area contributed by atoms with Crippen molar-refractivity contribution in [1.82, 2.24) is 0 Å². The lowest BCUT2D eigenvalue weighted by atomic mass is 10.2. The second kappa shape index (κ2) is 8.35. The average Bonchev–Trinajstić information content (AvgIpc) is 2.59. The van der Waals surface area contributed by atoms with Crippen molar-refractivity contribution >= 4 is 33.5 Å². The Bertz CT molecular complexity index is 748. The lowest BCUT2D eigenvalue weighted by Gasteiger charge is -2.09. The van der Waals surface area contributed by atoms with Crippen molar-refractivity contribution in [2.75, 3.05) is 26.1 Å². The Labute approximate surface area is 147 Å². The highest BCUT2D eigenvalue weighted by molar-refractivity contribution is 9.10. The number of anilines is 1. The summed E-state index contributed by atoms with van der Waals surface area (Å²) in [6.07, 6.45) is 0. The molecule has 0 aliphatic carbocycles. The van der Waals surface area contributed by atoms with Gasteiger partial charge < -0.3 is 19.5 Å². The fourth-order valence-electron chi connectivity index (χ4n) is 1.91. The fourth-order valence-corrected chi connectivity index (χ4v) is 2.45. The molecule has 0 fully saturated rings. The van der Waals surface area contributed by atoms with Crippen LogP contribution in [0.25, 0.3) is 0 Å². The van der Waals surface area contributed by atoms with Gasteiger partial charge in [-0.15, -0.1) is 0 Å². The minimum absolute atomic E-state index is 0.317. The lowest BCUT2D eigenvalue weighted by Crippen LogP contribution is -2.20. The van der Waals surface area contributed by atoms with Crippen molar-refractivity contribution in [2.45, 2.75) is 0 Å². The van der Waals surface area contributed by atoms with Gasteiger partial charge in [0.05, 0.1) is 24.3 Å². The number of carbonyl (C=O) groups excluding carboxylic acids is 2. The number of ether oxygens (including phenoxy) is 3. The number of rotatable bonds is 6. The largest absolute Gasteiger partial charge is 0.497 e. The Hall–Kier alpha value is -2.54. The van der Waals surface area contributed by atoms with Crippen LogP contribution in [0.15, 0.2) is 46.9 Å². The average molecular weight is 394 g/mol. The van der Waals surface area contributed by atoms with Crippen molar-refractivity contribution in [1.29, 1.82) is 0 Å². The normalized spacial score (nSPS) is 9.96. The third-order valence-electron chi connectivity index (χ3n) is 3.08. The maximum absolute atomic E-state index is 12.0. The summed E-state index contributed by atoms with van der Waals surface area (Å²) in [5.41, 5.74) is 0.874. The van der Waals surface area contributed by atoms with E-state index in [1.807, 2.05) is 0 Å². The molecule has 2 aromatic carbocycles. The molecule has 2 aromatic rings. The molecule has 0 heterocycles. The smallest absolute Gasteiger partial charge is 0.338 e. The Balaban J connectivity index is 1.91. The van der Waals surface area contributed by atoms with Gasteiger partial charge in [0.15, 0.2) is 6.61 Å². The second-order valence-electron chi connectivity index (χ2n) is 4.71. The highest BCUT2D eigenvalue weighted by Crippen LogP contribution is 2.25. The monoisotopic (exact) mass is 393 g/mol. The molecule has 0 bridgehead atoms. The number of esters is 1. The molecular weight excluding hydrogens is 378 g/mol. The van der Waals surface area contributed by atoms with Gasteiger partial charge in [-0.1, -0.05) is 6.07 Å². The zero-order chi connectivity index (χ0) is 17.5. The van der Waals surface area contributed by atoms with E-state index in [-0.39, 0.29) is 6.61 Å². The minimum atomic E-state index is -0.598. The second-order valence-corrected chi connectivity index (χ2v) is 5.56. The van der Waals surface area contributed by atoms with Crippen molar-refractivity contribution < 1.29 is 23.8 Å². The molecule has 6 nitrogen and oxygen atoms in total. The first-order valence-corrected chi connectivity index (χ1v) is 7.77. The van der Waals surface area contributed by atoms with Gasteiger partial charge in [-0.3, -0.25) is 4.79 Å². The van der Waals surface area contributed by atoms with Crippen LogP contribution in [0.5, 0.6) is 11.5 Å². The Morgan fingerprint density at radius 3 is 2.54 bits per heavy atom. The van der Waals surface area contributed by atoms with E-state index in [2.05, 4.69) is 21.2 Å². The van der Waals surface area contributed by atoms with Crippen molar-refractivity contribution in [3.8, 4) is 11.5 Å². The highest BCUT2D eigenvalue weighted by Gasteiger charge is 2.12. The van der Waals surface area contributed by atoms with Crippen LogP contribution in [0.1, 0.15) is 10.4 Å². The molecule has 0 aliphatic rings. The summed E-state index contributed by atoms with van der Waals surface area (Å²) in [4.78, 5) is 23.8. The highest BCUT2D eigenvalue weighted by atomic mass is 79.9. The van der Waals surface area contributed by atoms with E-state index in [0.29, 0.717) is 27.2 Å². The van der Waals surface area contributed by atoms with Crippen molar-refractivity contribution in [2.24, 2.45) is 0 Å². The van der Waals surface area contributed by atoms with Gasteiger partial charge in [-0.05, 0) is 46.3 Å². The number of amides is 1. The van der Waals surface area contributed by atoms with Crippen LogP contribution in [0, 0.1) is 0 Å². The topological polar surface area (TPSA) is 73.9 Å². The number of hydrogen-bond acceptors (Lipinski definition) is 5. The molecule has 0 atom stereocenters. The molecule has 24 heavy (non-hydrogen) atoms. The van der Waals surface area contributed by atoms with Crippen LogP contribution in [-0.4, -0.2) is 32.7 Å². The molecule has 0 radical (unpaired) electrons. The van der Waals surface area contributed by atoms with Gasteiger partial charge in [0.1, 0.15) is 11.5 Å².